The van der Waals surface area contributed by atoms with E-state index in [1.165, 1.54) is 51.5 Å². The van der Waals surface area contributed by atoms with Crippen LogP contribution in [0.4, 0.5) is 0 Å². The van der Waals surface area contributed by atoms with Crippen molar-refractivity contribution in [3.63, 3.8) is 0 Å². The molecule has 0 N–H and O–H groups in total. The summed E-state index contributed by atoms with van der Waals surface area (Å²) in [4.78, 5) is 14.7. The van der Waals surface area contributed by atoms with Crippen LogP contribution in [-0.2, 0) is 0 Å². The maximum absolute atomic E-state index is 5.32. The third-order valence-corrected chi connectivity index (χ3v) is 13.1. The molecule has 5 heteroatoms. The predicted molar refractivity (Wildman–Crippen MR) is 238 cm³/mol. The topological polar surface area (TPSA) is 38.7 Å². The summed E-state index contributed by atoms with van der Waals surface area (Å²) in [5.74, 6) is 0.696. The summed E-state index contributed by atoms with van der Waals surface area (Å²) < 4.78 is 5.17. The molecule has 0 aliphatic rings. The highest BCUT2D eigenvalue weighted by Gasteiger charge is 2.18. The molecule has 0 radical (unpaired) electrons. The van der Waals surface area contributed by atoms with Crippen molar-refractivity contribution >= 4 is 63.0 Å². The first-order valence-electron chi connectivity index (χ1n) is 18.7. The summed E-state index contributed by atoms with van der Waals surface area (Å²) >= 11 is 3.73. The average Bonchev–Trinajstić information content (AvgIpc) is 3.86. The van der Waals surface area contributed by atoms with E-state index in [4.69, 9.17) is 9.97 Å². The SMILES string of the molecule is c1ccc(-c2nc(-c3ccc(-c4ccncc4)cc3)cc(-c3cc(-c4cccc5c4sc4ccccc45)cc(-c4cccc5c4sc4ccccc45)c3)n2)cc1. The normalized spacial score (nSPS) is 11.6. The van der Waals surface area contributed by atoms with Gasteiger partial charge in [-0.25, -0.2) is 9.97 Å². The van der Waals surface area contributed by atoms with Gasteiger partial charge in [-0.15, -0.1) is 22.7 Å². The summed E-state index contributed by atoms with van der Waals surface area (Å²) in [6, 6.07) is 63.1. The summed E-state index contributed by atoms with van der Waals surface area (Å²) in [6.07, 6.45) is 3.66. The van der Waals surface area contributed by atoms with Gasteiger partial charge < -0.3 is 0 Å². The second-order valence-corrected chi connectivity index (χ2v) is 16.1. The number of hydrogen-bond acceptors (Lipinski definition) is 5. The molecule has 7 aromatic carbocycles. The zero-order valence-electron chi connectivity index (χ0n) is 30.1. The zero-order chi connectivity index (χ0) is 37.0. The molecule has 0 amide bonds. The van der Waals surface area contributed by atoms with Crippen LogP contribution in [0, 0.1) is 0 Å². The summed E-state index contributed by atoms with van der Waals surface area (Å²) in [7, 11) is 0. The fourth-order valence-corrected chi connectivity index (χ4v) is 10.3. The Balaban J connectivity index is 1.15. The molecule has 0 atom stereocenters. The first kappa shape index (κ1) is 32.6. The van der Waals surface area contributed by atoms with Crippen LogP contribution in [0.1, 0.15) is 0 Å². The molecule has 11 aromatic rings. The predicted octanol–water partition coefficient (Wildman–Crippen LogP) is 14.6. The summed E-state index contributed by atoms with van der Waals surface area (Å²) in [5, 5.41) is 5.16. The number of pyridine rings is 1. The lowest BCUT2D eigenvalue weighted by atomic mass is 9.93. The van der Waals surface area contributed by atoms with Gasteiger partial charge >= 0.3 is 0 Å². The van der Waals surface area contributed by atoms with Crippen molar-refractivity contribution in [1.82, 2.24) is 15.0 Å². The lowest BCUT2D eigenvalue weighted by Gasteiger charge is -2.14. The minimum absolute atomic E-state index is 0.696. The van der Waals surface area contributed by atoms with Gasteiger partial charge in [-0.1, -0.05) is 127 Å². The van der Waals surface area contributed by atoms with E-state index in [1.54, 1.807) is 0 Å². The molecule has 4 aromatic heterocycles. The molecule has 0 unspecified atom stereocenters. The van der Waals surface area contributed by atoms with Crippen LogP contribution in [0.2, 0.25) is 0 Å². The molecule has 3 nitrogen and oxygen atoms in total. The number of nitrogens with zero attached hydrogens (tertiary/aromatic N) is 3. The van der Waals surface area contributed by atoms with Crippen LogP contribution in [0.25, 0.3) is 108 Å². The molecule has 0 aliphatic carbocycles. The molecule has 11 rings (SSSR count). The Kier molecular flexibility index (Phi) is 7.87. The molecule has 0 fully saturated rings. The Labute approximate surface area is 331 Å². The fraction of sp³-hybridized carbons (Fsp3) is 0. The van der Waals surface area contributed by atoms with Crippen LogP contribution in [0.15, 0.2) is 188 Å². The van der Waals surface area contributed by atoms with Crippen LogP contribution in [-0.4, -0.2) is 15.0 Å². The van der Waals surface area contributed by atoms with Crippen LogP contribution < -0.4 is 0 Å². The molecule has 0 saturated heterocycles. The van der Waals surface area contributed by atoms with Crippen LogP contribution in [0.5, 0.6) is 0 Å². The van der Waals surface area contributed by atoms with Gasteiger partial charge in [0.15, 0.2) is 5.82 Å². The maximum Gasteiger partial charge on any atom is 0.160 e. The minimum atomic E-state index is 0.696. The first-order chi connectivity index (χ1) is 27.7. The van der Waals surface area contributed by atoms with Crippen LogP contribution in [0.3, 0.4) is 0 Å². The second-order valence-electron chi connectivity index (χ2n) is 14.0. The number of aromatic nitrogens is 3. The van der Waals surface area contributed by atoms with Crippen LogP contribution >= 0.6 is 22.7 Å². The molecular weight excluding hydrogens is 719 g/mol. The third-order valence-electron chi connectivity index (χ3n) is 10.6. The average molecular weight is 750 g/mol. The Morgan fingerprint density at radius 2 is 0.804 bits per heavy atom. The largest absolute Gasteiger partial charge is 0.265 e. The van der Waals surface area contributed by atoms with E-state index in [2.05, 4.69) is 151 Å². The summed E-state index contributed by atoms with van der Waals surface area (Å²) in [5.41, 5.74) is 11.8. The van der Waals surface area contributed by atoms with Crippen molar-refractivity contribution in [2.75, 3.05) is 0 Å². The molecule has 262 valence electrons. The van der Waals surface area contributed by atoms with Crippen molar-refractivity contribution < 1.29 is 0 Å². The van der Waals surface area contributed by atoms with E-state index in [1.807, 2.05) is 65.4 Å². The highest BCUT2D eigenvalue weighted by atomic mass is 32.1. The van der Waals surface area contributed by atoms with E-state index < -0.39 is 0 Å². The number of thiophene rings is 2. The molecular formula is C51H31N3S2. The van der Waals surface area contributed by atoms with Gasteiger partial charge in [-0.3, -0.25) is 4.98 Å². The van der Waals surface area contributed by atoms with Crippen molar-refractivity contribution in [1.29, 1.82) is 0 Å². The Morgan fingerprint density at radius 3 is 1.41 bits per heavy atom. The smallest absolute Gasteiger partial charge is 0.160 e. The van der Waals surface area contributed by atoms with Gasteiger partial charge in [0, 0.05) is 69.4 Å². The minimum Gasteiger partial charge on any atom is -0.265 e. The molecule has 56 heavy (non-hydrogen) atoms. The summed E-state index contributed by atoms with van der Waals surface area (Å²) in [6.45, 7) is 0. The van der Waals surface area contributed by atoms with E-state index in [-0.39, 0.29) is 0 Å². The molecule has 4 heterocycles. The molecule has 0 aliphatic heterocycles. The van der Waals surface area contributed by atoms with Gasteiger partial charge in [0.1, 0.15) is 0 Å². The fourth-order valence-electron chi connectivity index (χ4n) is 7.87. The van der Waals surface area contributed by atoms with E-state index >= 15 is 0 Å². The van der Waals surface area contributed by atoms with Crippen molar-refractivity contribution in [3.8, 4) is 67.3 Å². The number of rotatable bonds is 6. The monoisotopic (exact) mass is 749 g/mol. The second kappa shape index (κ2) is 13.5. The Bertz CT molecular complexity index is 3110. The highest BCUT2D eigenvalue weighted by Crippen LogP contribution is 2.45. The third kappa shape index (κ3) is 5.68. The van der Waals surface area contributed by atoms with Crippen molar-refractivity contribution in [2.24, 2.45) is 0 Å². The van der Waals surface area contributed by atoms with Gasteiger partial charge in [-0.05, 0) is 81.9 Å². The zero-order valence-corrected chi connectivity index (χ0v) is 31.7. The number of fused-ring (bicyclic) bond motifs is 6. The van der Waals surface area contributed by atoms with E-state index in [9.17, 15) is 0 Å². The maximum atomic E-state index is 5.32. The molecule has 0 spiro atoms. The number of hydrogen-bond donors (Lipinski definition) is 0. The van der Waals surface area contributed by atoms with E-state index in [0.29, 0.717) is 5.82 Å². The molecule has 0 bridgehead atoms. The Morgan fingerprint density at radius 1 is 0.321 bits per heavy atom. The van der Waals surface area contributed by atoms with Gasteiger partial charge in [0.25, 0.3) is 0 Å². The molecule has 0 saturated carbocycles. The number of benzene rings is 7. The van der Waals surface area contributed by atoms with Gasteiger partial charge in [-0.2, -0.15) is 0 Å². The Hall–Kier alpha value is -6.79. The van der Waals surface area contributed by atoms with E-state index in [0.717, 1.165) is 50.3 Å². The standard InChI is InChI=1S/C51H31N3S2/c1-2-10-35(11-3-1)51-53-45(34-22-20-32(21-23-34)33-24-26-52-27-25-33)31-46(54-51)38-29-36(39-14-8-16-43-41-12-4-6-18-47(41)55-49(39)43)28-37(30-38)40-15-9-17-44-42-13-5-7-19-48(42)56-50(40)44/h1-31H. The lowest BCUT2D eigenvalue weighted by molar-refractivity contribution is 1.18. The van der Waals surface area contributed by atoms with Crippen molar-refractivity contribution in [2.45, 2.75) is 0 Å². The highest BCUT2D eigenvalue weighted by molar-refractivity contribution is 7.26. The van der Waals surface area contributed by atoms with Gasteiger partial charge in [0.2, 0.25) is 0 Å². The van der Waals surface area contributed by atoms with Gasteiger partial charge in [0.05, 0.1) is 11.4 Å². The quantitative estimate of drug-likeness (QED) is 0.170. The van der Waals surface area contributed by atoms with Crippen molar-refractivity contribution in [3.05, 3.63) is 188 Å². The lowest BCUT2D eigenvalue weighted by Crippen LogP contribution is -1.96. The first-order valence-corrected chi connectivity index (χ1v) is 20.3.